The minimum atomic E-state index is -3.84. The molecule has 0 radical (unpaired) electrons. The molecule has 0 saturated carbocycles. The van der Waals surface area contributed by atoms with Crippen LogP contribution in [0.5, 0.6) is 0 Å². The van der Waals surface area contributed by atoms with Crippen molar-refractivity contribution in [2.24, 2.45) is 0 Å². The van der Waals surface area contributed by atoms with Gasteiger partial charge in [0.15, 0.2) is 9.84 Å². The second kappa shape index (κ2) is 4.87. The number of hydrogen-bond donors (Lipinski definition) is 2. The first-order chi connectivity index (χ1) is 9.03. The fourth-order valence-electron chi connectivity index (χ4n) is 2.16. The van der Waals surface area contributed by atoms with Crippen molar-refractivity contribution < 1.29 is 16.8 Å². The number of halogens is 1. The molecule has 9 heteroatoms. The van der Waals surface area contributed by atoms with Crippen LogP contribution in [0.1, 0.15) is 13.3 Å². The molecule has 1 aromatic rings. The third kappa shape index (κ3) is 3.25. The third-order valence-electron chi connectivity index (χ3n) is 3.16. The molecule has 1 aliphatic rings. The van der Waals surface area contributed by atoms with E-state index < -0.39 is 25.4 Å². The van der Waals surface area contributed by atoms with Gasteiger partial charge in [-0.1, -0.05) is 11.6 Å². The van der Waals surface area contributed by atoms with Crippen molar-refractivity contribution in [3.05, 3.63) is 23.2 Å². The van der Waals surface area contributed by atoms with E-state index in [0.29, 0.717) is 0 Å². The molecular formula is C11H15ClN2O4S2. The molecule has 0 spiro atoms. The van der Waals surface area contributed by atoms with E-state index in [2.05, 4.69) is 4.72 Å². The van der Waals surface area contributed by atoms with Crippen molar-refractivity contribution in [3.63, 3.8) is 0 Å². The van der Waals surface area contributed by atoms with E-state index >= 15 is 0 Å². The topological polar surface area (TPSA) is 106 Å². The normalized spacial score (nSPS) is 25.7. The SMILES string of the molecule is CC1(NS(=O)(=O)c2ccc(Cl)c(N)c2)CCS(=O)(=O)C1. The molecule has 1 atom stereocenters. The maximum Gasteiger partial charge on any atom is 0.241 e. The number of nitrogens with two attached hydrogens (primary N) is 1. The van der Waals surface area contributed by atoms with E-state index in [1.165, 1.54) is 18.2 Å². The van der Waals surface area contributed by atoms with E-state index in [4.69, 9.17) is 17.3 Å². The number of nitrogen functional groups attached to an aromatic ring is 1. The summed E-state index contributed by atoms with van der Waals surface area (Å²) < 4.78 is 50.0. The average molecular weight is 339 g/mol. The lowest BCUT2D eigenvalue weighted by atomic mass is 10.0. The predicted molar refractivity (Wildman–Crippen MR) is 77.9 cm³/mol. The third-order valence-corrected chi connectivity index (χ3v) is 7.05. The summed E-state index contributed by atoms with van der Waals surface area (Å²) >= 11 is 5.75. The Kier molecular flexibility index (Phi) is 3.79. The zero-order valence-electron chi connectivity index (χ0n) is 10.8. The number of nitrogens with one attached hydrogen (secondary N) is 1. The molecule has 0 aromatic heterocycles. The van der Waals surface area contributed by atoms with E-state index in [9.17, 15) is 16.8 Å². The molecule has 20 heavy (non-hydrogen) atoms. The first kappa shape index (κ1) is 15.6. The Hall–Kier alpha value is -0.830. The van der Waals surface area contributed by atoms with Crippen LogP contribution in [0.25, 0.3) is 0 Å². The van der Waals surface area contributed by atoms with Gasteiger partial charge in [-0.3, -0.25) is 0 Å². The minimum absolute atomic E-state index is 0.0191. The van der Waals surface area contributed by atoms with Crippen LogP contribution in [0.2, 0.25) is 5.02 Å². The Bertz CT molecular complexity index is 746. The molecule has 3 N–H and O–H groups in total. The highest BCUT2D eigenvalue weighted by atomic mass is 35.5. The molecule has 2 rings (SSSR count). The van der Waals surface area contributed by atoms with E-state index in [-0.39, 0.29) is 33.5 Å². The van der Waals surface area contributed by atoms with Crippen LogP contribution in [-0.4, -0.2) is 33.9 Å². The highest BCUT2D eigenvalue weighted by Crippen LogP contribution is 2.27. The van der Waals surface area contributed by atoms with Gasteiger partial charge in [0, 0.05) is 5.54 Å². The lowest BCUT2D eigenvalue weighted by Crippen LogP contribution is -2.46. The van der Waals surface area contributed by atoms with Crippen LogP contribution in [0, 0.1) is 0 Å². The van der Waals surface area contributed by atoms with Crippen LogP contribution < -0.4 is 10.5 Å². The number of sulfone groups is 1. The maximum absolute atomic E-state index is 12.3. The zero-order valence-corrected chi connectivity index (χ0v) is 13.1. The van der Waals surface area contributed by atoms with Gasteiger partial charge < -0.3 is 5.73 Å². The molecule has 1 fully saturated rings. The first-order valence-electron chi connectivity index (χ1n) is 5.83. The summed E-state index contributed by atoms with van der Waals surface area (Å²) in [5, 5.41) is 0.263. The van der Waals surface area contributed by atoms with Gasteiger partial charge in [0.05, 0.1) is 27.1 Å². The van der Waals surface area contributed by atoms with Crippen LogP contribution in [0.3, 0.4) is 0 Å². The zero-order chi connectivity index (χ0) is 15.2. The summed E-state index contributed by atoms with van der Waals surface area (Å²) in [6.07, 6.45) is 0.248. The second-order valence-corrected chi connectivity index (χ2v) is 9.47. The Morgan fingerprint density at radius 1 is 1.40 bits per heavy atom. The van der Waals surface area contributed by atoms with Gasteiger partial charge in [-0.05, 0) is 31.5 Å². The molecule has 1 heterocycles. The molecule has 0 aliphatic carbocycles. The molecule has 0 bridgehead atoms. The Morgan fingerprint density at radius 3 is 2.55 bits per heavy atom. The molecule has 6 nitrogen and oxygen atoms in total. The summed E-state index contributed by atoms with van der Waals surface area (Å²) in [4.78, 5) is -0.0371. The van der Waals surface area contributed by atoms with Crippen LogP contribution >= 0.6 is 11.6 Å². The molecular weight excluding hydrogens is 324 g/mol. The molecule has 1 saturated heterocycles. The molecule has 1 aromatic carbocycles. The summed E-state index contributed by atoms with van der Waals surface area (Å²) in [7, 11) is -7.04. The minimum Gasteiger partial charge on any atom is -0.397 e. The average Bonchev–Trinajstić information content (AvgIpc) is 2.55. The van der Waals surface area contributed by atoms with Crippen molar-refractivity contribution in [3.8, 4) is 0 Å². The maximum atomic E-state index is 12.3. The molecule has 0 amide bonds. The summed E-state index contributed by atoms with van der Waals surface area (Å²) in [5.74, 6) is -0.225. The van der Waals surface area contributed by atoms with Gasteiger partial charge in [-0.2, -0.15) is 0 Å². The van der Waals surface area contributed by atoms with Crippen LogP contribution in [-0.2, 0) is 19.9 Å². The lowest BCUT2D eigenvalue weighted by Gasteiger charge is -2.23. The fourth-order valence-corrected chi connectivity index (χ4v) is 5.94. The summed E-state index contributed by atoms with van der Waals surface area (Å²) in [5.41, 5.74) is 4.74. The predicted octanol–water partition coefficient (Wildman–Crippen LogP) is 0.778. The summed E-state index contributed by atoms with van der Waals surface area (Å²) in [6.45, 7) is 1.58. The van der Waals surface area contributed by atoms with Crippen molar-refractivity contribution in [1.29, 1.82) is 0 Å². The van der Waals surface area contributed by atoms with Gasteiger partial charge in [0.25, 0.3) is 0 Å². The van der Waals surface area contributed by atoms with E-state index in [1.807, 2.05) is 0 Å². The number of rotatable bonds is 3. The number of sulfonamides is 1. The van der Waals surface area contributed by atoms with Gasteiger partial charge >= 0.3 is 0 Å². The monoisotopic (exact) mass is 338 g/mol. The van der Waals surface area contributed by atoms with Gasteiger partial charge in [-0.25, -0.2) is 21.6 Å². The molecule has 1 unspecified atom stereocenters. The van der Waals surface area contributed by atoms with E-state index in [1.54, 1.807) is 6.92 Å². The summed E-state index contributed by atoms with van der Waals surface area (Å²) in [6, 6.07) is 3.96. The first-order valence-corrected chi connectivity index (χ1v) is 9.51. The lowest BCUT2D eigenvalue weighted by molar-refractivity contribution is 0.462. The second-order valence-electron chi connectivity index (χ2n) is 5.19. The molecule has 112 valence electrons. The Morgan fingerprint density at radius 2 is 2.05 bits per heavy atom. The van der Waals surface area contributed by atoms with Crippen molar-refractivity contribution in [2.75, 3.05) is 17.2 Å². The standard InChI is InChI=1S/C11H15ClN2O4S2/c1-11(4-5-19(15,16)7-11)14-20(17,18)8-2-3-9(12)10(13)6-8/h2-3,6,14H,4-5,7,13H2,1H3. The fraction of sp³-hybridized carbons (Fsp3) is 0.455. The number of benzene rings is 1. The largest absolute Gasteiger partial charge is 0.397 e. The Labute approximate surface area is 123 Å². The molecule has 1 aliphatic heterocycles. The van der Waals surface area contributed by atoms with E-state index in [0.717, 1.165) is 0 Å². The highest BCUT2D eigenvalue weighted by molar-refractivity contribution is 7.92. The van der Waals surface area contributed by atoms with Crippen LogP contribution in [0.15, 0.2) is 23.1 Å². The van der Waals surface area contributed by atoms with Gasteiger partial charge in [0.1, 0.15) is 0 Å². The quantitative estimate of drug-likeness (QED) is 0.792. The van der Waals surface area contributed by atoms with Crippen molar-refractivity contribution in [2.45, 2.75) is 23.8 Å². The van der Waals surface area contributed by atoms with Crippen molar-refractivity contribution in [1.82, 2.24) is 4.72 Å². The van der Waals surface area contributed by atoms with Gasteiger partial charge in [0.2, 0.25) is 10.0 Å². The smallest absolute Gasteiger partial charge is 0.241 e. The number of anilines is 1. The van der Waals surface area contributed by atoms with Crippen molar-refractivity contribution >= 4 is 37.1 Å². The Balaban J connectivity index is 2.30. The number of hydrogen-bond acceptors (Lipinski definition) is 5. The van der Waals surface area contributed by atoms with Gasteiger partial charge in [-0.15, -0.1) is 0 Å². The van der Waals surface area contributed by atoms with Crippen LogP contribution in [0.4, 0.5) is 5.69 Å². The highest BCUT2D eigenvalue weighted by Gasteiger charge is 2.41.